The Morgan fingerprint density at radius 2 is 1.59 bits per heavy atom. The van der Waals surface area contributed by atoms with Crippen molar-refractivity contribution in [3.63, 3.8) is 0 Å². The summed E-state index contributed by atoms with van der Waals surface area (Å²) in [5.74, 6) is 2.57. The second-order valence-corrected chi connectivity index (χ2v) is 6.26. The zero-order valence-electron chi connectivity index (χ0n) is 16.3. The van der Waals surface area contributed by atoms with Gasteiger partial charge in [0, 0.05) is 6.07 Å². The summed E-state index contributed by atoms with van der Waals surface area (Å²) in [7, 11) is 3.09. The highest BCUT2D eigenvalue weighted by molar-refractivity contribution is 6.32. The second kappa shape index (κ2) is 9.20. The molecule has 3 aromatic rings. The van der Waals surface area contributed by atoms with Crippen LogP contribution >= 0.6 is 11.6 Å². The highest BCUT2D eigenvalue weighted by Crippen LogP contribution is 2.39. The van der Waals surface area contributed by atoms with E-state index in [-0.39, 0.29) is 0 Å². The van der Waals surface area contributed by atoms with E-state index in [4.69, 9.17) is 31.5 Å². The van der Waals surface area contributed by atoms with E-state index in [0.29, 0.717) is 51.9 Å². The van der Waals surface area contributed by atoms with Crippen LogP contribution in [-0.2, 0) is 0 Å². The molecule has 0 fully saturated rings. The van der Waals surface area contributed by atoms with Crippen LogP contribution in [0.25, 0.3) is 0 Å². The number of nitrogens with two attached hydrogens (primary N) is 1. The van der Waals surface area contributed by atoms with Crippen molar-refractivity contribution in [1.82, 2.24) is 9.97 Å². The number of nitrogens with zero attached hydrogens (tertiary/aromatic N) is 2. The minimum absolute atomic E-state index is 0.327. The Labute approximate surface area is 174 Å². The number of halogens is 1. The van der Waals surface area contributed by atoms with Gasteiger partial charge < -0.3 is 30.6 Å². The number of hydrogen-bond acceptors (Lipinski definition) is 8. The number of rotatable bonds is 8. The van der Waals surface area contributed by atoms with Gasteiger partial charge >= 0.3 is 0 Å². The first-order chi connectivity index (χ1) is 14.1. The minimum atomic E-state index is 0.327. The summed E-state index contributed by atoms with van der Waals surface area (Å²) in [5, 5.41) is 6.75. The molecular formula is C20H22ClN5O3. The summed E-state index contributed by atoms with van der Waals surface area (Å²) in [5.41, 5.74) is 7.96. The van der Waals surface area contributed by atoms with Crippen molar-refractivity contribution in [1.29, 1.82) is 0 Å². The van der Waals surface area contributed by atoms with Crippen molar-refractivity contribution in [3.05, 3.63) is 47.7 Å². The van der Waals surface area contributed by atoms with Gasteiger partial charge in [-0.15, -0.1) is 0 Å². The van der Waals surface area contributed by atoms with Gasteiger partial charge in [0.2, 0.25) is 0 Å². The molecule has 8 nitrogen and oxygen atoms in total. The molecule has 9 heteroatoms. The van der Waals surface area contributed by atoms with Crippen molar-refractivity contribution in [3.8, 4) is 17.2 Å². The van der Waals surface area contributed by atoms with E-state index >= 15 is 0 Å². The standard InChI is InChI=1S/C20H22ClN5O3/c1-4-29-15-8-6-5-7-13(15)25-19-18(22)20(24-11-23-19)26-14-9-12(21)16(27-2)10-17(14)28-3/h5-11H,4,22H2,1-3H3,(H2,23,24,25,26). The predicted octanol–water partition coefficient (Wildman–Crippen LogP) is 4.62. The lowest BCUT2D eigenvalue weighted by molar-refractivity contribution is 0.342. The van der Waals surface area contributed by atoms with Gasteiger partial charge in [-0.05, 0) is 25.1 Å². The van der Waals surface area contributed by atoms with Gasteiger partial charge in [0.15, 0.2) is 11.6 Å². The second-order valence-electron chi connectivity index (χ2n) is 5.85. The molecule has 29 heavy (non-hydrogen) atoms. The summed E-state index contributed by atoms with van der Waals surface area (Å²) < 4.78 is 16.3. The summed E-state index contributed by atoms with van der Waals surface area (Å²) in [6.07, 6.45) is 1.40. The Kier molecular flexibility index (Phi) is 6.46. The van der Waals surface area contributed by atoms with Crippen LogP contribution in [0.1, 0.15) is 6.92 Å². The molecule has 0 radical (unpaired) electrons. The maximum absolute atomic E-state index is 6.30. The number of anilines is 5. The van der Waals surface area contributed by atoms with Gasteiger partial charge in [0.1, 0.15) is 29.3 Å². The smallest absolute Gasteiger partial charge is 0.159 e. The van der Waals surface area contributed by atoms with E-state index in [1.54, 1.807) is 19.2 Å². The topological polar surface area (TPSA) is 104 Å². The molecule has 1 heterocycles. The van der Waals surface area contributed by atoms with Crippen molar-refractivity contribution in [2.45, 2.75) is 6.92 Å². The Morgan fingerprint density at radius 1 is 0.931 bits per heavy atom. The van der Waals surface area contributed by atoms with Crippen LogP contribution in [0.2, 0.25) is 5.02 Å². The number of benzene rings is 2. The third-order valence-electron chi connectivity index (χ3n) is 4.05. The van der Waals surface area contributed by atoms with Crippen LogP contribution in [-0.4, -0.2) is 30.8 Å². The predicted molar refractivity (Wildman–Crippen MR) is 115 cm³/mol. The molecule has 0 amide bonds. The number of nitrogens with one attached hydrogen (secondary N) is 2. The lowest BCUT2D eigenvalue weighted by Gasteiger charge is -2.16. The normalized spacial score (nSPS) is 10.3. The van der Waals surface area contributed by atoms with E-state index in [1.165, 1.54) is 13.4 Å². The molecule has 0 unspecified atom stereocenters. The summed E-state index contributed by atoms with van der Waals surface area (Å²) in [4.78, 5) is 8.48. The monoisotopic (exact) mass is 415 g/mol. The Hall–Kier alpha value is -3.39. The van der Waals surface area contributed by atoms with E-state index in [2.05, 4.69) is 20.6 Å². The summed E-state index contributed by atoms with van der Waals surface area (Å²) >= 11 is 6.24. The molecule has 0 aliphatic carbocycles. The highest BCUT2D eigenvalue weighted by atomic mass is 35.5. The Balaban J connectivity index is 1.91. The molecule has 0 atom stereocenters. The summed E-state index contributed by atoms with van der Waals surface area (Å²) in [6, 6.07) is 10.9. The molecule has 2 aromatic carbocycles. The average molecular weight is 416 g/mol. The zero-order chi connectivity index (χ0) is 20.8. The SMILES string of the molecule is CCOc1ccccc1Nc1ncnc(Nc2cc(Cl)c(OC)cc2OC)c1N. The van der Waals surface area contributed by atoms with E-state index in [0.717, 1.165) is 5.69 Å². The van der Waals surface area contributed by atoms with Gasteiger partial charge in [-0.25, -0.2) is 9.97 Å². The molecule has 3 rings (SSSR count). The molecule has 4 N–H and O–H groups in total. The average Bonchev–Trinajstić information content (AvgIpc) is 2.72. The molecule has 0 spiro atoms. The first-order valence-electron chi connectivity index (χ1n) is 8.85. The number of aromatic nitrogens is 2. The minimum Gasteiger partial charge on any atom is -0.495 e. The largest absolute Gasteiger partial charge is 0.495 e. The molecule has 0 saturated carbocycles. The van der Waals surface area contributed by atoms with Gasteiger partial charge in [0.05, 0.1) is 37.2 Å². The fourth-order valence-electron chi connectivity index (χ4n) is 2.66. The number of hydrogen-bond donors (Lipinski definition) is 3. The molecule has 152 valence electrons. The third kappa shape index (κ3) is 4.55. The molecule has 1 aromatic heterocycles. The zero-order valence-corrected chi connectivity index (χ0v) is 17.1. The van der Waals surface area contributed by atoms with E-state index < -0.39 is 0 Å². The van der Waals surface area contributed by atoms with Crippen LogP contribution in [0, 0.1) is 0 Å². The summed E-state index contributed by atoms with van der Waals surface area (Å²) in [6.45, 7) is 2.47. The Morgan fingerprint density at radius 3 is 2.24 bits per heavy atom. The number of para-hydroxylation sites is 2. The van der Waals surface area contributed by atoms with E-state index in [1.807, 2.05) is 31.2 Å². The van der Waals surface area contributed by atoms with Crippen molar-refractivity contribution < 1.29 is 14.2 Å². The lowest BCUT2D eigenvalue weighted by Crippen LogP contribution is -2.06. The number of ether oxygens (including phenoxy) is 3. The number of methoxy groups -OCH3 is 2. The van der Waals surface area contributed by atoms with E-state index in [9.17, 15) is 0 Å². The first-order valence-corrected chi connectivity index (χ1v) is 9.23. The first kappa shape index (κ1) is 20.3. The van der Waals surface area contributed by atoms with Gasteiger partial charge in [-0.1, -0.05) is 23.7 Å². The van der Waals surface area contributed by atoms with Crippen molar-refractivity contribution in [2.24, 2.45) is 0 Å². The fraction of sp³-hybridized carbons (Fsp3) is 0.200. The van der Waals surface area contributed by atoms with Gasteiger partial charge in [-0.3, -0.25) is 0 Å². The molecule has 0 aliphatic heterocycles. The third-order valence-corrected chi connectivity index (χ3v) is 4.35. The molecule has 0 bridgehead atoms. The van der Waals surface area contributed by atoms with Crippen LogP contribution in [0.4, 0.5) is 28.7 Å². The maximum atomic E-state index is 6.30. The Bertz CT molecular complexity index is 1000. The van der Waals surface area contributed by atoms with Crippen molar-refractivity contribution in [2.75, 3.05) is 37.2 Å². The van der Waals surface area contributed by atoms with Crippen LogP contribution in [0.15, 0.2) is 42.7 Å². The van der Waals surface area contributed by atoms with Crippen LogP contribution in [0.5, 0.6) is 17.2 Å². The lowest BCUT2D eigenvalue weighted by atomic mass is 10.2. The highest BCUT2D eigenvalue weighted by Gasteiger charge is 2.15. The van der Waals surface area contributed by atoms with Gasteiger partial charge in [0.25, 0.3) is 0 Å². The number of nitrogen functional groups attached to an aromatic ring is 1. The molecule has 0 aliphatic rings. The molecular weight excluding hydrogens is 394 g/mol. The maximum Gasteiger partial charge on any atom is 0.159 e. The quantitative estimate of drug-likeness (QED) is 0.489. The van der Waals surface area contributed by atoms with Crippen LogP contribution in [0.3, 0.4) is 0 Å². The van der Waals surface area contributed by atoms with Gasteiger partial charge in [-0.2, -0.15) is 0 Å². The molecule has 0 saturated heterocycles. The van der Waals surface area contributed by atoms with Crippen LogP contribution < -0.4 is 30.6 Å². The fourth-order valence-corrected chi connectivity index (χ4v) is 2.90. The van der Waals surface area contributed by atoms with Crippen molar-refractivity contribution >= 4 is 40.3 Å².